The summed E-state index contributed by atoms with van der Waals surface area (Å²) in [5, 5.41) is 16.2. The Hall–Kier alpha value is -4.04. The molecule has 0 fully saturated rings. The third-order valence-electron chi connectivity index (χ3n) is 5.56. The molecule has 34 heavy (non-hydrogen) atoms. The Morgan fingerprint density at radius 1 is 0.971 bits per heavy atom. The number of amides is 2. The van der Waals surface area contributed by atoms with Crippen LogP contribution in [0.25, 0.3) is 16.3 Å². The molecule has 3 aromatic rings. The van der Waals surface area contributed by atoms with Crippen molar-refractivity contribution in [3.05, 3.63) is 88.1 Å². The fraction of sp³-hybridized carbons (Fsp3) is 0.231. The lowest BCUT2D eigenvalue weighted by molar-refractivity contribution is -0.384. The molecule has 4 rings (SSSR count). The number of ether oxygens (including phenoxy) is 1. The van der Waals surface area contributed by atoms with Gasteiger partial charge in [0.2, 0.25) is 0 Å². The molecule has 0 bridgehead atoms. The Kier molecular flexibility index (Phi) is 6.70. The van der Waals surface area contributed by atoms with Gasteiger partial charge in [-0.25, -0.2) is 0 Å². The zero-order chi connectivity index (χ0) is 24.2. The fourth-order valence-electron chi connectivity index (χ4n) is 3.92. The van der Waals surface area contributed by atoms with E-state index in [0.717, 1.165) is 10.8 Å². The van der Waals surface area contributed by atoms with Crippen molar-refractivity contribution >= 4 is 39.5 Å². The number of imide groups is 1. The van der Waals surface area contributed by atoms with Gasteiger partial charge in [-0.05, 0) is 49.4 Å². The van der Waals surface area contributed by atoms with E-state index in [9.17, 15) is 19.7 Å². The van der Waals surface area contributed by atoms with Crippen molar-refractivity contribution in [3.8, 4) is 0 Å². The van der Waals surface area contributed by atoms with Gasteiger partial charge >= 0.3 is 0 Å². The van der Waals surface area contributed by atoms with Crippen molar-refractivity contribution in [1.29, 1.82) is 0 Å². The predicted molar refractivity (Wildman–Crippen MR) is 130 cm³/mol. The van der Waals surface area contributed by atoms with Crippen molar-refractivity contribution in [1.82, 2.24) is 4.90 Å². The van der Waals surface area contributed by atoms with E-state index in [0.29, 0.717) is 24.3 Å². The number of nitrogens with one attached hydrogen (secondary N) is 1. The van der Waals surface area contributed by atoms with Crippen LogP contribution in [-0.4, -0.2) is 40.9 Å². The molecule has 0 saturated carbocycles. The number of carbonyl (C=O) groups excluding carboxylic acids is 2. The van der Waals surface area contributed by atoms with Gasteiger partial charge in [0.05, 0.1) is 16.6 Å². The summed E-state index contributed by atoms with van der Waals surface area (Å²) in [6.07, 6.45) is 0.562. The minimum absolute atomic E-state index is 0.0577. The van der Waals surface area contributed by atoms with Crippen molar-refractivity contribution < 1.29 is 19.2 Å². The van der Waals surface area contributed by atoms with Gasteiger partial charge in [-0.3, -0.25) is 24.6 Å². The van der Waals surface area contributed by atoms with Crippen LogP contribution in [-0.2, 0) is 14.3 Å². The number of fused-ring (bicyclic) bond motifs is 1. The monoisotopic (exact) mass is 459 g/mol. The molecule has 0 spiro atoms. The molecule has 1 aliphatic heterocycles. The van der Waals surface area contributed by atoms with Gasteiger partial charge in [-0.2, -0.15) is 0 Å². The number of anilines is 1. The highest BCUT2D eigenvalue weighted by Crippen LogP contribution is 2.33. The first-order valence-corrected chi connectivity index (χ1v) is 11.1. The number of carbonyl (C=O) groups is 2. The van der Waals surface area contributed by atoms with Crippen LogP contribution in [0, 0.1) is 10.1 Å². The first-order chi connectivity index (χ1) is 16.4. The normalized spacial score (nSPS) is 13.9. The molecule has 1 aliphatic rings. The van der Waals surface area contributed by atoms with E-state index in [-0.39, 0.29) is 29.6 Å². The molecule has 2 amide bonds. The maximum atomic E-state index is 13.4. The number of nitro benzene ring substituents is 1. The van der Waals surface area contributed by atoms with E-state index in [1.165, 1.54) is 29.2 Å². The zero-order valence-electron chi connectivity index (χ0n) is 19.0. The van der Waals surface area contributed by atoms with Gasteiger partial charge < -0.3 is 10.1 Å². The fourth-order valence-corrected chi connectivity index (χ4v) is 3.92. The van der Waals surface area contributed by atoms with E-state index in [1.807, 2.05) is 56.3 Å². The predicted octanol–water partition coefficient (Wildman–Crippen LogP) is 4.76. The Bertz CT molecular complexity index is 1280. The van der Waals surface area contributed by atoms with E-state index in [4.69, 9.17) is 4.74 Å². The van der Waals surface area contributed by atoms with E-state index >= 15 is 0 Å². The second kappa shape index (κ2) is 9.84. The lowest BCUT2D eigenvalue weighted by Gasteiger charge is -2.16. The second-order valence-electron chi connectivity index (χ2n) is 8.24. The molecule has 0 aliphatic carbocycles. The summed E-state index contributed by atoms with van der Waals surface area (Å²) in [5.74, 6) is -0.873. The van der Waals surface area contributed by atoms with E-state index in [1.54, 1.807) is 0 Å². The third-order valence-corrected chi connectivity index (χ3v) is 5.56. The van der Waals surface area contributed by atoms with Gasteiger partial charge in [-0.1, -0.05) is 36.4 Å². The molecule has 1 N–H and O–H groups in total. The number of benzene rings is 3. The Labute approximate surface area is 197 Å². The molecule has 3 aromatic carbocycles. The summed E-state index contributed by atoms with van der Waals surface area (Å²) in [6.45, 7) is 4.48. The molecule has 0 unspecified atom stereocenters. The highest BCUT2D eigenvalue weighted by molar-refractivity contribution is 6.36. The maximum Gasteiger partial charge on any atom is 0.278 e. The molecule has 174 valence electrons. The SMILES string of the molecule is CC(C)OCCCN1C(=O)C(Nc2cccc3ccccc23)=C(c2ccc([N+](=O)[O-])cc2)C1=O. The van der Waals surface area contributed by atoms with Crippen LogP contribution in [0.4, 0.5) is 11.4 Å². The van der Waals surface area contributed by atoms with Crippen LogP contribution in [0.1, 0.15) is 25.8 Å². The Morgan fingerprint density at radius 2 is 1.68 bits per heavy atom. The van der Waals surface area contributed by atoms with Crippen LogP contribution in [0.5, 0.6) is 0 Å². The highest BCUT2D eigenvalue weighted by Gasteiger charge is 2.39. The molecule has 0 atom stereocenters. The van der Waals surface area contributed by atoms with Gasteiger partial charge in [0.15, 0.2) is 0 Å². The van der Waals surface area contributed by atoms with Gasteiger partial charge in [-0.15, -0.1) is 0 Å². The summed E-state index contributed by atoms with van der Waals surface area (Å²) < 4.78 is 5.55. The smallest absolute Gasteiger partial charge is 0.278 e. The molecule has 8 nitrogen and oxygen atoms in total. The lowest BCUT2D eigenvalue weighted by atomic mass is 10.0. The molecular weight excluding hydrogens is 434 g/mol. The number of non-ortho nitro benzene ring substituents is 1. The Morgan fingerprint density at radius 3 is 2.38 bits per heavy atom. The first kappa shape index (κ1) is 23.1. The van der Waals surface area contributed by atoms with Crippen LogP contribution < -0.4 is 5.32 Å². The van der Waals surface area contributed by atoms with Gasteiger partial charge in [0, 0.05) is 36.4 Å². The number of nitrogens with zero attached hydrogens (tertiary/aromatic N) is 2. The summed E-state index contributed by atoms with van der Waals surface area (Å²) in [7, 11) is 0. The largest absolute Gasteiger partial charge is 0.379 e. The standard InChI is InChI=1S/C26H25N3O5/c1-17(2)34-16-6-15-28-25(30)23(19-11-13-20(14-12-19)29(32)33)24(26(28)31)27-22-10-5-8-18-7-3-4-9-21(18)22/h3-5,7-14,17,27H,6,15-16H2,1-2H3. The minimum Gasteiger partial charge on any atom is -0.379 e. The van der Waals surface area contributed by atoms with Gasteiger partial charge in [0.1, 0.15) is 5.70 Å². The maximum absolute atomic E-state index is 13.4. The third kappa shape index (κ3) is 4.67. The highest BCUT2D eigenvalue weighted by atomic mass is 16.6. The van der Waals surface area contributed by atoms with Crippen molar-refractivity contribution in [2.45, 2.75) is 26.4 Å². The van der Waals surface area contributed by atoms with Crippen molar-refractivity contribution in [2.75, 3.05) is 18.5 Å². The van der Waals surface area contributed by atoms with Gasteiger partial charge in [0.25, 0.3) is 17.5 Å². The molecular formula is C26H25N3O5. The van der Waals surface area contributed by atoms with Crippen LogP contribution >= 0.6 is 0 Å². The van der Waals surface area contributed by atoms with E-state index < -0.39 is 16.7 Å². The topological polar surface area (TPSA) is 102 Å². The average molecular weight is 460 g/mol. The van der Waals surface area contributed by atoms with Crippen LogP contribution in [0.3, 0.4) is 0 Å². The molecule has 0 saturated heterocycles. The minimum atomic E-state index is -0.504. The van der Waals surface area contributed by atoms with Crippen molar-refractivity contribution in [3.63, 3.8) is 0 Å². The Balaban J connectivity index is 1.71. The number of nitro groups is 1. The van der Waals surface area contributed by atoms with Crippen molar-refractivity contribution in [2.24, 2.45) is 0 Å². The summed E-state index contributed by atoms with van der Waals surface area (Å²) >= 11 is 0. The number of hydrogen-bond acceptors (Lipinski definition) is 6. The summed E-state index contributed by atoms with van der Waals surface area (Å²) in [4.78, 5) is 38.5. The van der Waals surface area contributed by atoms with E-state index in [2.05, 4.69) is 5.32 Å². The molecule has 0 radical (unpaired) electrons. The number of hydrogen-bond donors (Lipinski definition) is 1. The summed E-state index contributed by atoms with van der Waals surface area (Å²) in [5.41, 5.74) is 1.39. The lowest BCUT2D eigenvalue weighted by Crippen LogP contribution is -2.34. The first-order valence-electron chi connectivity index (χ1n) is 11.1. The molecule has 8 heteroatoms. The zero-order valence-corrected chi connectivity index (χ0v) is 19.0. The van der Waals surface area contributed by atoms with Crippen LogP contribution in [0.15, 0.2) is 72.4 Å². The summed E-state index contributed by atoms with van der Waals surface area (Å²) in [6, 6.07) is 19.1. The van der Waals surface area contributed by atoms with Crippen LogP contribution in [0.2, 0.25) is 0 Å². The second-order valence-corrected chi connectivity index (χ2v) is 8.24. The quantitative estimate of drug-likeness (QED) is 0.214. The average Bonchev–Trinajstić information content (AvgIpc) is 3.06. The molecule has 0 aromatic heterocycles. The molecule has 1 heterocycles. The number of rotatable bonds is 9.